The van der Waals surface area contributed by atoms with Crippen molar-refractivity contribution in [3.63, 3.8) is 0 Å². The molecule has 0 spiro atoms. The van der Waals surface area contributed by atoms with Gasteiger partial charge in [-0.15, -0.1) is 11.3 Å². The van der Waals surface area contributed by atoms with Crippen molar-refractivity contribution in [3.8, 4) is 10.4 Å². The molecule has 0 bridgehead atoms. The van der Waals surface area contributed by atoms with Crippen LogP contribution in [0.3, 0.4) is 0 Å². The van der Waals surface area contributed by atoms with E-state index < -0.39 is 18.1 Å². The lowest BCUT2D eigenvalue weighted by Gasteiger charge is -2.34. The smallest absolute Gasteiger partial charge is 0.243 e. The van der Waals surface area contributed by atoms with Gasteiger partial charge in [0.15, 0.2) is 11.6 Å². The summed E-state index contributed by atoms with van der Waals surface area (Å²) in [6, 6.07) is 9.00. The van der Waals surface area contributed by atoms with Gasteiger partial charge in [0.2, 0.25) is 11.8 Å². The monoisotopic (exact) mass is 662 g/mol. The number of piperidine rings is 2. The second-order valence-electron chi connectivity index (χ2n) is 14.2. The summed E-state index contributed by atoms with van der Waals surface area (Å²) in [6.07, 6.45) is 5.62. The molecule has 0 unspecified atom stereocenters. The molecule has 6 rings (SSSR count). The van der Waals surface area contributed by atoms with Crippen LogP contribution in [-0.4, -0.2) is 76.8 Å². The zero-order valence-corrected chi connectivity index (χ0v) is 29.0. The van der Waals surface area contributed by atoms with Gasteiger partial charge in [-0.3, -0.25) is 9.59 Å². The SMILES string of the molecule is Cc1ncsc1-c1ccc([C@H](C)NC(=O)[C@@H]2C[C@@H](O)CN2C(=O)[C@@H](c2cc(N3CCC(CC4CCNCC4)CC3)no2)C(C)C)cc1. The van der Waals surface area contributed by atoms with Crippen LogP contribution < -0.4 is 15.5 Å². The molecule has 3 saturated heterocycles. The number of rotatable bonds is 10. The highest BCUT2D eigenvalue weighted by Gasteiger charge is 2.43. The van der Waals surface area contributed by atoms with Crippen LogP contribution in [-0.2, 0) is 9.59 Å². The van der Waals surface area contributed by atoms with E-state index in [0.29, 0.717) is 5.76 Å². The molecule has 4 atom stereocenters. The highest BCUT2D eigenvalue weighted by Crippen LogP contribution is 2.35. The lowest BCUT2D eigenvalue weighted by atomic mass is 9.83. The fourth-order valence-corrected chi connectivity index (χ4v) is 8.49. The molecule has 5 heterocycles. The van der Waals surface area contributed by atoms with E-state index in [-0.39, 0.29) is 36.7 Å². The number of carbonyl (C=O) groups is 2. The van der Waals surface area contributed by atoms with E-state index in [4.69, 9.17) is 4.52 Å². The van der Waals surface area contributed by atoms with Crippen LogP contribution in [0.15, 0.2) is 40.4 Å². The first-order valence-electron chi connectivity index (χ1n) is 17.4. The number of hydrogen-bond acceptors (Lipinski definition) is 9. The van der Waals surface area contributed by atoms with Crippen LogP contribution in [0.1, 0.15) is 88.3 Å². The lowest BCUT2D eigenvalue weighted by Crippen LogP contribution is -2.48. The molecule has 11 heteroatoms. The fourth-order valence-electron chi connectivity index (χ4n) is 7.68. The van der Waals surface area contributed by atoms with Gasteiger partial charge in [-0.05, 0) is 87.9 Å². The number of aryl methyl sites for hydroxylation is 1. The maximum Gasteiger partial charge on any atom is 0.243 e. The van der Waals surface area contributed by atoms with Gasteiger partial charge in [0.05, 0.1) is 28.2 Å². The van der Waals surface area contributed by atoms with Crippen molar-refractivity contribution in [2.24, 2.45) is 17.8 Å². The normalized spacial score (nSPS) is 22.5. The highest BCUT2D eigenvalue weighted by atomic mass is 32.1. The van der Waals surface area contributed by atoms with Crippen LogP contribution in [0, 0.1) is 24.7 Å². The minimum Gasteiger partial charge on any atom is -0.391 e. The van der Waals surface area contributed by atoms with Crippen LogP contribution in [0.5, 0.6) is 0 Å². The molecule has 3 N–H and O–H groups in total. The number of benzene rings is 1. The Kier molecular flexibility index (Phi) is 10.6. The summed E-state index contributed by atoms with van der Waals surface area (Å²) in [5.74, 6) is 1.73. The number of thiazole rings is 1. The molecule has 254 valence electrons. The molecule has 10 nitrogen and oxygen atoms in total. The molecule has 1 aromatic carbocycles. The summed E-state index contributed by atoms with van der Waals surface area (Å²) in [5.41, 5.74) is 4.90. The van der Waals surface area contributed by atoms with Crippen molar-refractivity contribution in [1.29, 1.82) is 0 Å². The fraction of sp³-hybridized carbons (Fsp3) is 0.611. The Balaban J connectivity index is 1.08. The summed E-state index contributed by atoms with van der Waals surface area (Å²) in [6.45, 7) is 12.2. The van der Waals surface area contributed by atoms with Gasteiger partial charge in [-0.1, -0.05) is 43.3 Å². The number of aromatic nitrogens is 2. The molecular weight excluding hydrogens is 613 g/mol. The highest BCUT2D eigenvalue weighted by molar-refractivity contribution is 7.13. The number of nitrogens with zero attached hydrogens (tertiary/aromatic N) is 4. The van der Waals surface area contributed by atoms with E-state index in [2.05, 4.69) is 25.7 Å². The number of amides is 2. The molecule has 3 aliphatic heterocycles. The van der Waals surface area contributed by atoms with E-state index in [9.17, 15) is 14.7 Å². The van der Waals surface area contributed by atoms with Crippen molar-refractivity contribution < 1.29 is 19.2 Å². The number of aliphatic hydroxyl groups is 1. The van der Waals surface area contributed by atoms with Crippen LogP contribution >= 0.6 is 11.3 Å². The zero-order valence-electron chi connectivity index (χ0n) is 28.2. The quantitative estimate of drug-likeness (QED) is 0.268. The first-order chi connectivity index (χ1) is 22.7. The minimum absolute atomic E-state index is 0.0832. The lowest BCUT2D eigenvalue weighted by molar-refractivity contribution is -0.141. The van der Waals surface area contributed by atoms with Crippen molar-refractivity contribution in [2.45, 2.75) is 90.3 Å². The Morgan fingerprint density at radius 2 is 1.79 bits per heavy atom. The van der Waals surface area contributed by atoms with Crippen molar-refractivity contribution >= 4 is 29.0 Å². The number of aliphatic hydroxyl groups excluding tert-OH is 1. The molecular formula is C36H50N6O4S. The van der Waals surface area contributed by atoms with Crippen LogP contribution in [0.25, 0.3) is 10.4 Å². The Morgan fingerprint density at radius 1 is 1.09 bits per heavy atom. The van der Waals surface area contributed by atoms with Crippen molar-refractivity contribution in [3.05, 3.63) is 52.9 Å². The molecule has 2 aromatic heterocycles. The first kappa shape index (κ1) is 33.6. The summed E-state index contributed by atoms with van der Waals surface area (Å²) < 4.78 is 5.85. The summed E-state index contributed by atoms with van der Waals surface area (Å²) in [5, 5.41) is 21.6. The van der Waals surface area contributed by atoms with E-state index in [1.807, 2.05) is 63.5 Å². The van der Waals surface area contributed by atoms with Gasteiger partial charge < -0.3 is 30.1 Å². The topological polar surface area (TPSA) is 124 Å². The molecule has 3 aromatic rings. The number of β-amino-alcohol motifs (C(OH)–C–C–N with tert-alkyl or cyclic N) is 1. The molecule has 0 radical (unpaired) electrons. The summed E-state index contributed by atoms with van der Waals surface area (Å²) in [7, 11) is 0. The van der Waals surface area contributed by atoms with Gasteiger partial charge in [-0.2, -0.15) is 0 Å². The second kappa shape index (κ2) is 14.9. The molecule has 3 aliphatic rings. The largest absolute Gasteiger partial charge is 0.391 e. The Bertz CT molecular complexity index is 1490. The van der Waals surface area contributed by atoms with E-state index in [0.717, 1.165) is 78.4 Å². The minimum atomic E-state index is -0.767. The average molecular weight is 663 g/mol. The van der Waals surface area contributed by atoms with E-state index >= 15 is 0 Å². The summed E-state index contributed by atoms with van der Waals surface area (Å²) >= 11 is 1.61. The molecule has 0 aliphatic carbocycles. The predicted octanol–water partition coefficient (Wildman–Crippen LogP) is 5.29. The van der Waals surface area contributed by atoms with E-state index in [1.54, 1.807) is 16.2 Å². The van der Waals surface area contributed by atoms with Gasteiger partial charge in [0, 0.05) is 32.1 Å². The molecule has 47 heavy (non-hydrogen) atoms. The maximum atomic E-state index is 14.1. The van der Waals surface area contributed by atoms with Crippen molar-refractivity contribution in [1.82, 2.24) is 25.7 Å². The average Bonchev–Trinajstić information content (AvgIpc) is 3.82. The Hall–Kier alpha value is -3.28. The molecule has 0 saturated carbocycles. The third kappa shape index (κ3) is 7.73. The number of anilines is 1. The zero-order chi connectivity index (χ0) is 33.1. The number of likely N-dealkylation sites (tertiary alicyclic amines) is 1. The third-order valence-electron chi connectivity index (χ3n) is 10.5. The number of hydrogen-bond donors (Lipinski definition) is 3. The predicted molar refractivity (Wildman–Crippen MR) is 184 cm³/mol. The summed E-state index contributed by atoms with van der Waals surface area (Å²) in [4.78, 5) is 37.0. The first-order valence-corrected chi connectivity index (χ1v) is 18.3. The van der Waals surface area contributed by atoms with Gasteiger partial charge >= 0.3 is 0 Å². The number of carbonyl (C=O) groups excluding carboxylic acids is 2. The van der Waals surface area contributed by atoms with Crippen LogP contribution in [0.4, 0.5) is 5.82 Å². The Morgan fingerprint density at radius 3 is 2.45 bits per heavy atom. The van der Waals surface area contributed by atoms with Gasteiger partial charge in [0.25, 0.3) is 0 Å². The number of nitrogens with one attached hydrogen (secondary N) is 2. The standard InChI is InChI=1S/C36H50N6O4S/c1-22(2)33(31-19-32(40-46-31)41-15-11-26(12-16-41)17-25-9-13-37-14-10-25)36(45)42-20-29(43)18-30(42)35(44)39-23(3)27-5-7-28(8-6-27)34-24(4)38-21-47-34/h5-8,19,21-23,25-26,29-30,33,37,43H,9-18,20H2,1-4H3,(H,39,44)/t23-,29+,30-,33+/m0/s1. The van der Waals surface area contributed by atoms with E-state index in [1.165, 1.54) is 19.3 Å². The second-order valence-corrected chi connectivity index (χ2v) is 15.0. The van der Waals surface area contributed by atoms with Crippen molar-refractivity contribution in [2.75, 3.05) is 37.6 Å². The molecule has 2 amide bonds. The maximum absolute atomic E-state index is 14.1. The molecule has 3 fully saturated rings. The van der Waals surface area contributed by atoms with Crippen LogP contribution in [0.2, 0.25) is 0 Å². The van der Waals surface area contributed by atoms with Gasteiger partial charge in [-0.25, -0.2) is 4.98 Å². The third-order valence-corrected chi connectivity index (χ3v) is 11.4. The Labute approximate surface area is 282 Å². The van der Waals surface area contributed by atoms with Gasteiger partial charge in [0.1, 0.15) is 12.0 Å².